The van der Waals surface area contributed by atoms with Crippen LogP contribution in [-0.2, 0) is 22.4 Å². The van der Waals surface area contributed by atoms with Crippen molar-refractivity contribution < 1.29 is 14.3 Å². The zero-order valence-corrected chi connectivity index (χ0v) is 17.7. The van der Waals surface area contributed by atoms with Crippen molar-refractivity contribution in [3.8, 4) is 6.07 Å². The molecule has 3 rings (SSSR count). The van der Waals surface area contributed by atoms with E-state index in [4.69, 9.17) is 4.74 Å². The molecule has 0 bridgehead atoms. The summed E-state index contributed by atoms with van der Waals surface area (Å²) in [6.45, 7) is 7.55. The molecule has 0 fully saturated rings. The lowest BCUT2D eigenvalue weighted by Crippen LogP contribution is -2.22. The molecule has 7 nitrogen and oxygen atoms in total. The summed E-state index contributed by atoms with van der Waals surface area (Å²) in [5.74, 6) is -0.173. The SMILES string of the molecule is C=CN=CC(=C)/C=C/C(=O)Nc1sc2c(c1C#N)CCC(COC(=O)n1cccc1)C2. The third kappa shape index (κ3) is 5.68. The van der Waals surface area contributed by atoms with Gasteiger partial charge in [0, 0.05) is 35.8 Å². The fourth-order valence-electron chi connectivity index (χ4n) is 3.25. The fourth-order valence-corrected chi connectivity index (χ4v) is 4.57. The van der Waals surface area contributed by atoms with E-state index in [0.717, 1.165) is 16.9 Å². The summed E-state index contributed by atoms with van der Waals surface area (Å²) in [5, 5.41) is 12.9. The van der Waals surface area contributed by atoms with Crippen LogP contribution in [0.15, 0.2) is 66.6 Å². The first-order valence-electron chi connectivity index (χ1n) is 9.68. The number of nitriles is 1. The number of fused-ring (bicyclic) bond motifs is 1. The number of anilines is 1. The van der Waals surface area contributed by atoms with Crippen molar-refractivity contribution >= 4 is 34.6 Å². The molecule has 0 aliphatic heterocycles. The molecule has 0 saturated heterocycles. The second-order valence-corrected chi connectivity index (χ2v) is 8.06. The predicted molar refractivity (Wildman–Crippen MR) is 121 cm³/mol. The zero-order valence-electron chi connectivity index (χ0n) is 16.9. The second-order valence-electron chi connectivity index (χ2n) is 6.95. The zero-order chi connectivity index (χ0) is 22.2. The van der Waals surface area contributed by atoms with Crippen LogP contribution in [0.4, 0.5) is 9.80 Å². The van der Waals surface area contributed by atoms with E-state index in [1.807, 2.05) is 0 Å². The van der Waals surface area contributed by atoms with Crippen LogP contribution in [-0.4, -0.2) is 29.4 Å². The Hall–Kier alpha value is -3.70. The topological polar surface area (TPSA) is 96.5 Å². The van der Waals surface area contributed by atoms with Crippen LogP contribution in [0.2, 0.25) is 0 Å². The smallest absolute Gasteiger partial charge is 0.417 e. The molecule has 158 valence electrons. The van der Waals surface area contributed by atoms with Crippen LogP contribution in [0, 0.1) is 17.2 Å². The Morgan fingerprint density at radius 1 is 1.39 bits per heavy atom. The summed E-state index contributed by atoms with van der Waals surface area (Å²) in [4.78, 5) is 29.2. The van der Waals surface area contributed by atoms with Gasteiger partial charge in [-0.3, -0.25) is 14.4 Å². The Morgan fingerprint density at radius 3 is 2.87 bits per heavy atom. The number of nitrogens with zero attached hydrogens (tertiary/aromatic N) is 3. The van der Waals surface area contributed by atoms with E-state index in [9.17, 15) is 14.9 Å². The van der Waals surface area contributed by atoms with Crippen LogP contribution in [0.25, 0.3) is 0 Å². The number of hydrogen-bond acceptors (Lipinski definition) is 6. The van der Waals surface area contributed by atoms with Crippen molar-refractivity contribution in [1.82, 2.24) is 4.57 Å². The summed E-state index contributed by atoms with van der Waals surface area (Å²) >= 11 is 1.40. The summed E-state index contributed by atoms with van der Waals surface area (Å²) in [6, 6.07) is 5.74. The largest absolute Gasteiger partial charge is 0.449 e. The van der Waals surface area contributed by atoms with Crippen molar-refractivity contribution in [3.63, 3.8) is 0 Å². The van der Waals surface area contributed by atoms with Gasteiger partial charge >= 0.3 is 6.09 Å². The molecule has 0 saturated carbocycles. The quantitative estimate of drug-likeness (QED) is 0.395. The average Bonchev–Trinajstić information content (AvgIpc) is 3.42. The molecule has 2 aromatic rings. The summed E-state index contributed by atoms with van der Waals surface area (Å²) in [7, 11) is 0. The number of carbonyl (C=O) groups is 2. The lowest BCUT2D eigenvalue weighted by molar-refractivity contribution is -0.111. The number of nitrogens with one attached hydrogen (secondary N) is 1. The molecule has 1 aliphatic rings. The molecule has 1 unspecified atom stereocenters. The molecular formula is C23H22N4O3S. The third-order valence-corrected chi connectivity index (χ3v) is 5.94. The number of hydrogen-bond donors (Lipinski definition) is 1. The highest BCUT2D eigenvalue weighted by Gasteiger charge is 2.27. The highest BCUT2D eigenvalue weighted by molar-refractivity contribution is 7.16. The molecule has 1 aliphatic carbocycles. The van der Waals surface area contributed by atoms with E-state index < -0.39 is 6.09 Å². The number of thiophene rings is 1. The molecule has 1 atom stereocenters. The van der Waals surface area contributed by atoms with Gasteiger partial charge in [-0.2, -0.15) is 5.26 Å². The monoisotopic (exact) mass is 434 g/mol. The van der Waals surface area contributed by atoms with Crippen molar-refractivity contribution in [2.45, 2.75) is 19.3 Å². The maximum atomic E-state index is 12.3. The number of ether oxygens (including phenoxy) is 1. The number of rotatable bonds is 7. The maximum absolute atomic E-state index is 12.3. The number of allylic oxidation sites excluding steroid dienone is 2. The van der Waals surface area contributed by atoms with Gasteiger partial charge in [0.15, 0.2) is 0 Å². The molecule has 1 amide bonds. The van der Waals surface area contributed by atoms with E-state index in [2.05, 4.69) is 29.5 Å². The molecule has 31 heavy (non-hydrogen) atoms. The van der Waals surface area contributed by atoms with Gasteiger partial charge in [0.2, 0.25) is 5.91 Å². The van der Waals surface area contributed by atoms with Crippen molar-refractivity contribution in [2.75, 3.05) is 11.9 Å². The van der Waals surface area contributed by atoms with Crippen LogP contribution < -0.4 is 5.32 Å². The van der Waals surface area contributed by atoms with Gasteiger partial charge in [-0.15, -0.1) is 11.3 Å². The minimum absolute atomic E-state index is 0.174. The van der Waals surface area contributed by atoms with Crippen LogP contribution in [0.5, 0.6) is 0 Å². The van der Waals surface area contributed by atoms with E-state index in [1.54, 1.807) is 24.5 Å². The first-order chi connectivity index (χ1) is 15.0. The molecule has 2 heterocycles. The van der Waals surface area contributed by atoms with Crippen LogP contribution in [0.1, 0.15) is 22.4 Å². The minimum Gasteiger partial charge on any atom is -0.449 e. The van der Waals surface area contributed by atoms with Gasteiger partial charge in [0.1, 0.15) is 11.1 Å². The molecular weight excluding hydrogens is 412 g/mol. The van der Waals surface area contributed by atoms with Crippen molar-refractivity contribution in [2.24, 2.45) is 10.9 Å². The highest BCUT2D eigenvalue weighted by atomic mass is 32.1. The normalized spacial score (nSPS) is 15.4. The Morgan fingerprint density at radius 2 is 2.16 bits per heavy atom. The first kappa shape index (κ1) is 22.0. The molecule has 0 radical (unpaired) electrons. The fraction of sp³-hybridized carbons (Fsp3) is 0.217. The van der Waals surface area contributed by atoms with Crippen molar-refractivity contribution in [3.05, 3.63) is 77.6 Å². The summed E-state index contributed by atoms with van der Waals surface area (Å²) in [6.07, 6.45) is 10.9. The Bertz CT molecular complexity index is 1090. The summed E-state index contributed by atoms with van der Waals surface area (Å²) < 4.78 is 6.81. The lowest BCUT2D eigenvalue weighted by atomic mass is 9.88. The maximum Gasteiger partial charge on any atom is 0.417 e. The number of amides is 1. The molecule has 1 N–H and O–H groups in total. The van der Waals surface area contributed by atoms with Crippen molar-refractivity contribution in [1.29, 1.82) is 5.26 Å². The van der Waals surface area contributed by atoms with Gasteiger partial charge in [-0.25, -0.2) is 4.79 Å². The van der Waals surface area contributed by atoms with E-state index >= 15 is 0 Å². The van der Waals surface area contributed by atoms with Gasteiger partial charge in [0.25, 0.3) is 0 Å². The van der Waals surface area contributed by atoms with E-state index in [0.29, 0.717) is 35.6 Å². The molecule has 0 spiro atoms. The van der Waals surface area contributed by atoms with Gasteiger partial charge in [-0.05, 0) is 54.5 Å². The van der Waals surface area contributed by atoms with Gasteiger partial charge < -0.3 is 10.1 Å². The van der Waals surface area contributed by atoms with Crippen LogP contribution >= 0.6 is 11.3 Å². The van der Waals surface area contributed by atoms with Gasteiger partial charge in [-0.1, -0.05) is 13.2 Å². The van der Waals surface area contributed by atoms with Crippen LogP contribution in [0.3, 0.4) is 0 Å². The highest BCUT2D eigenvalue weighted by Crippen LogP contribution is 2.39. The summed E-state index contributed by atoms with van der Waals surface area (Å²) in [5.41, 5.74) is 2.04. The molecule has 8 heteroatoms. The number of aliphatic imine (C=N–C) groups is 1. The third-order valence-electron chi connectivity index (χ3n) is 4.77. The Kier molecular flexibility index (Phi) is 7.35. The lowest BCUT2D eigenvalue weighted by Gasteiger charge is -2.21. The van der Waals surface area contributed by atoms with E-state index in [-0.39, 0.29) is 11.8 Å². The molecule has 0 aromatic carbocycles. The average molecular weight is 435 g/mol. The standard InChI is InChI=1S/C23H22N4O3S/c1-3-25-14-16(2)6-9-21(28)26-22-19(13-24)18-8-7-17(12-20(18)31-22)15-30-23(29)27-10-4-5-11-27/h3-6,9-11,14,17H,1-2,7-8,12,15H2,(H,26,28)/b9-6+,25-14?. The van der Waals surface area contributed by atoms with Gasteiger partial charge in [0.05, 0.1) is 12.2 Å². The molecule has 2 aromatic heterocycles. The second kappa shape index (κ2) is 10.4. The predicted octanol–water partition coefficient (Wildman–Crippen LogP) is 4.48. The first-order valence-corrected chi connectivity index (χ1v) is 10.5. The Labute approximate surface area is 184 Å². The Balaban J connectivity index is 1.62. The number of aromatic nitrogens is 1. The number of carbonyl (C=O) groups excluding carboxylic acids is 2. The minimum atomic E-state index is -0.404. The van der Waals surface area contributed by atoms with E-state index in [1.165, 1.54) is 40.5 Å².